The minimum Gasteiger partial charge on any atom is -0.375 e. The first-order valence-corrected chi connectivity index (χ1v) is 7.28. The van der Waals surface area contributed by atoms with Crippen LogP contribution in [-0.4, -0.2) is 18.0 Å². The van der Waals surface area contributed by atoms with Gasteiger partial charge in [-0.15, -0.1) is 0 Å². The summed E-state index contributed by atoms with van der Waals surface area (Å²) in [7, 11) is 0. The molecule has 19 heavy (non-hydrogen) atoms. The molecule has 2 aliphatic heterocycles. The highest BCUT2D eigenvalue weighted by molar-refractivity contribution is 6.03. The zero-order valence-corrected chi connectivity index (χ0v) is 11.0. The third-order valence-electron chi connectivity index (χ3n) is 4.74. The minimum atomic E-state index is 0.201. The van der Waals surface area contributed by atoms with Crippen LogP contribution in [0.5, 0.6) is 0 Å². The standard InChI is InChI=1S/C17H18O2/c18-17(14-9-15-5-6-16(10-14)19-15)13-7-11-3-1-2-4-12(11)8-13/h1-4,7,14-16H,5-6,8-10H2. The van der Waals surface area contributed by atoms with E-state index in [9.17, 15) is 4.79 Å². The molecule has 0 N–H and O–H groups in total. The molecule has 2 bridgehead atoms. The second-order valence-electron chi connectivity index (χ2n) is 6.04. The molecule has 3 aliphatic rings. The van der Waals surface area contributed by atoms with Crippen molar-refractivity contribution in [3.8, 4) is 0 Å². The van der Waals surface area contributed by atoms with Gasteiger partial charge in [-0.05, 0) is 42.9 Å². The van der Waals surface area contributed by atoms with Crippen molar-refractivity contribution in [2.24, 2.45) is 5.92 Å². The van der Waals surface area contributed by atoms with Crippen molar-refractivity contribution >= 4 is 11.9 Å². The summed E-state index contributed by atoms with van der Waals surface area (Å²) in [4.78, 5) is 12.7. The highest BCUT2D eigenvalue weighted by Gasteiger charge is 2.39. The predicted molar refractivity (Wildman–Crippen MR) is 73.7 cm³/mol. The predicted octanol–water partition coefficient (Wildman–Crippen LogP) is 3.15. The van der Waals surface area contributed by atoms with Crippen LogP contribution >= 0.6 is 0 Å². The monoisotopic (exact) mass is 254 g/mol. The van der Waals surface area contributed by atoms with E-state index in [4.69, 9.17) is 4.74 Å². The molecule has 1 aromatic rings. The zero-order chi connectivity index (χ0) is 12.8. The second-order valence-corrected chi connectivity index (χ2v) is 6.04. The highest BCUT2D eigenvalue weighted by atomic mass is 16.5. The van der Waals surface area contributed by atoms with E-state index < -0.39 is 0 Å². The molecule has 0 amide bonds. The Balaban J connectivity index is 1.53. The number of rotatable bonds is 2. The lowest BCUT2D eigenvalue weighted by atomic mass is 9.87. The number of ketones is 1. The van der Waals surface area contributed by atoms with Crippen molar-refractivity contribution in [2.75, 3.05) is 0 Å². The number of hydrogen-bond donors (Lipinski definition) is 0. The minimum absolute atomic E-state index is 0.201. The maximum atomic E-state index is 12.7. The van der Waals surface area contributed by atoms with Gasteiger partial charge in [0.2, 0.25) is 0 Å². The lowest BCUT2D eigenvalue weighted by molar-refractivity contribution is -0.124. The fourth-order valence-corrected chi connectivity index (χ4v) is 3.77. The van der Waals surface area contributed by atoms with Gasteiger partial charge in [-0.3, -0.25) is 4.79 Å². The molecule has 98 valence electrons. The molecular formula is C17H18O2. The van der Waals surface area contributed by atoms with Gasteiger partial charge in [-0.1, -0.05) is 24.3 Å². The molecule has 0 spiro atoms. The smallest absolute Gasteiger partial charge is 0.162 e. The maximum absolute atomic E-state index is 12.7. The summed E-state index contributed by atoms with van der Waals surface area (Å²) in [6.45, 7) is 0. The quantitative estimate of drug-likeness (QED) is 0.810. The largest absolute Gasteiger partial charge is 0.375 e. The summed E-state index contributed by atoms with van der Waals surface area (Å²) in [6.07, 6.45) is 7.76. The van der Waals surface area contributed by atoms with Crippen LogP contribution in [0.2, 0.25) is 0 Å². The van der Waals surface area contributed by atoms with Crippen molar-refractivity contribution in [2.45, 2.75) is 44.3 Å². The van der Waals surface area contributed by atoms with Gasteiger partial charge in [-0.25, -0.2) is 0 Å². The molecule has 2 heteroatoms. The van der Waals surface area contributed by atoms with Gasteiger partial charge in [0.25, 0.3) is 0 Å². The molecule has 2 unspecified atom stereocenters. The van der Waals surface area contributed by atoms with Crippen LogP contribution in [0.4, 0.5) is 0 Å². The average Bonchev–Trinajstić information content (AvgIpc) is 3.01. The molecule has 2 atom stereocenters. The third kappa shape index (κ3) is 1.95. The molecule has 0 radical (unpaired) electrons. The Morgan fingerprint density at radius 1 is 1.11 bits per heavy atom. The van der Waals surface area contributed by atoms with E-state index >= 15 is 0 Å². The Hall–Kier alpha value is -1.41. The summed E-state index contributed by atoms with van der Waals surface area (Å²) in [5.41, 5.74) is 3.52. The highest BCUT2D eigenvalue weighted by Crippen LogP contribution is 2.38. The summed E-state index contributed by atoms with van der Waals surface area (Å²) in [5.74, 6) is 0.572. The third-order valence-corrected chi connectivity index (χ3v) is 4.74. The van der Waals surface area contributed by atoms with Crippen molar-refractivity contribution in [3.05, 3.63) is 41.0 Å². The van der Waals surface area contributed by atoms with Crippen LogP contribution in [0.1, 0.15) is 36.8 Å². The van der Waals surface area contributed by atoms with Crippen LogP contribution in [0.15, 0.2) is 29.8 Å². The Bertz CT molecular complexity index is 546. The van der Waals surface area contributed by atoms with Gasteiger partial charge >= 0.3 is 0 Å². The van der Waals surface area contributed by atoms with Crippen molar-refractivity contribution in [1.29, 1.82) is 0 Å². The van der Waals surface area contributed by atoms with Gasteiger partial charge in [0, 0.05) is 17.9 Å². The van der Waals surface area contributed by atoms with Crippen molar-refractivity contribution in [1.82, 2.24) is 0 Å². The summed E-state index contributed by atoms with van der Waals surface area (Å²) < 4.78 is 5.83. The van der Waals surface area contributed by atoms with Gasteiger partial charge in [0.15, 0.2) is 5.78 Å². The van der Waals surface area contributed by atoms with Crippen LogP contribution in [0.3, 0.4) is 0 Å². The second kappa shape index (κ2) is 4.31. The SMILES string of the molecule is O=C(C1=Cc2ccccc2C1)C1CC2CCC(C1)O2. The molecule has 2 saturated heterocycles. The maximum Gasteiger partial charge on any atom is 0.162 e. The molecule has 0 saturated carbocycles. The Labute approximate surface area is 113 Å². The van der Waals surface area contributed by atoms with Gasteiger partial charge in [0.1, 0.15) is 0 Å². The number of Topliss-reactive ketones (excluding diaryl/α,β-unsaturated/α-hetero) is 1. The topological polar surface area (TPSA) is 26.3 Å². The summed E-state index contributed by atoms with van der Waals surface area (Å²) >= 11 is 0. The number of fused-ring (bicyclic) bond motifs is 3. The van der Waals surface area contributed by atoms with Crippen LogP contribution < -0.4 is 0 Å². The van der Waals surface area contributed by atoms with Crippen LogP contribution in [0, 0.1) is 5.92 Å². The van der Waals surface area contributed by atoms with Gasteiger partial charge < -0.3 is 4.74 Å². The molecule has 1 aliphatic carbocycles. The zero-order valence-electron chi connectivity index (χ0n) is 11.0. The lowest BCUT2D eigenvalue weighted by Crippen LogP contribution is -2.30. The fraction of sp³-hybridized carbons (Fsp3) is 0.471. The normalized spacial score (nSPS) is 32.0. The number of hydrogen-bond acceptors (Lipinski definition) is 2. The molecule has 2 heterocycles. The van der Waals surface area contributed by atoms with Crippen LogP contribution in [-0.2, 0) is 16.0 Å². The number of carbonyl (C=O) groups is 1. The van der Waals surface area contributed by atoms with Crippen molar-refractivity contribution in [3.63, 3.8) is 0 Å². The van der Waals surface area contributed by atoms with E-state index in [0.29, 0.717) is 18.0 Å². The molecule has 2 nitrogen and oxygen atoms in total. The van der Waals surface area contributed by atoms with E-state index in [1.807, 2.05) is 6.07 Å². The number of benzene rings is 1. The average molecular weight is 254 g/mol. The Morgan fingerprint density at radius 3 is 2.58 bits per heavy atom. The van der Waals surface area contributed by atoms with E-state index in [2.05, 4.69) is 24.3 Å². The molecule has 0 aromatic heterocycles. The molecule has 1 aromatic carbocycles. The van der Waals surface area contributed by atoms with Gasteiger partial charge in [0.05, 0.1) is 12.2 Å². The molecular weight excluding hydrogens is 236 g/mol. The first kappa shape index (κ1) is 11.4. The first-order chi connectivity index (χ1) is 9.29. The summed E-state index contributed by atoms with van der Waals surface area (Å²) in [5, 5.41) is 0. The fourth-order valence-electron chi connectivity index (χ4n) is 3.77. The first-order valence-electron chi connectivity index (χ1n) is 7.28. The number of carbonyl (C=O) groups excluding carboxylic acids is 1. The van der Waals surface area contributed by atoms with E-state index in [-0.39, 0.29) is 5.92 Å². The molecule has 4 rings (SSSR count). The number of allylic oxidation sites excluding steroid dienone is 1. The Kier molecular flexibility index (Phi) is 2.59. The van der Waals surface area contributed by atoms with Crippen molar-refractivity contribution < 1.29 is 9.53 Å². The van der Waals surface area contributed by atoms with Crippen LogP contribution in [0.25, 0.3) is 6.08 Å². The number of ether oxygens (including phenoxy) is 1. The lowest BCUT2D eigenvalue weighted by Gasteiger charge is -2.27. The summed E-state index contributed by atoms with van der Waals surface area (Å²) in [6, 6.07) is 8.31. The molecule has 2 fully saturated rings. The van der Waals surface area contributed by atoms with E-state index in [0.717, 1.165) is 37.7 Å². The van der Waals surface area contributed by atoms with E-state index in [1.54, 1.807) is 0 Å². The van der Waals surface area contributed by atoms with Gasteiger partial charge in [-0.2, -0.15) is 0 Å². The Morgan fingerprint density at radius 2 is 1.84 bits per heavy atom. The van der Waals surface area contributed by atoms with E-state index in [1.165, 1.54) is 11.1 Å².